The summed E-state index contributed by atoms with van der Waals surface area (Å²) in [6, 6.07) is 7.57. The number of ether oxygens (including phenoxy) is 1. The Morgan fingerprint density at radius 1 is 1.55 bits per heavy atom. The van der Waals surface area contributed by atoms with Gasteiger partial charge in [0, 0.05) is 31.2 Å². The molecule has 0 atom stereocenters. The van der Waals surface area contributed by atoms with Crippen molar-refractivity contribution < 1.29 is 9.53 Å². The number of halogens is 1. The summed E-state index contributed by atoms with van der Waals surface area (Å²) in [5.74, 6) is 0.567. The molecule has 1 aromatic carbocycles. The molecular weight excluding hydrogens is 302 g/mol. The third-order valence-corrected chi connectivity index (χ3v) is 3.01. The van der Waals surface area contributed by atoms with Crippen molar-refractivity contribution in [3.63, 3.8) is 0 Å². The van der Waals surface area contributed by atoms with Crippen LogP contribution in [-0.4, -0.2) is 25.6 Å². The Morgan fingerprint density at radius 3 is 2.91 bits per heavy atom. The average Bonchev–Trinajstić information content (AvgIpc) is 2.49. The van der Waals surface area contributed by atoms with E-state index in [-0.39, 0.29) is 5.91 Å². The first-order valence-electron chi connectivity index (χ1n) is 7.04. The number of rotatable bonds is 8. The summed E-state index contributed by atoms with van der Waals surface area (Å²) < 4.78 is 5.64. The van der Waals surface area contributed by atoms with Gasteiger partial charge in [-0.25, -0.2) is 0 Å². The summed E-state index contributed by atoms with van der Waals surface area (Å²) in [6.07, 6.45) is 2.17. The summed E-state index contributed by atoms with van der Waals surface area (Å²) >= 11 is 5.61. The molecule has 5 nitrogen and oxygen atoms in total. The molecule has 0 radical (unpaired) electrons. The van der Waals surface area contributed by atoms with Gasteiger partial charge in [-0.2, -0.15) is 5.26 Å². The molecule has 0 aliphatic rings. The number of nitrogens with zero attached hydrogens (tertiary/aromatic N) is 2. The van der Waals surface area contributed by atoms with Crippen LogP contribution in [0.25, 0.3) is 0 Å². The SMILES string of the molecule is CCOc1ccc(NC(C)=O)cc1N(CC=CCl)CCC#N. The summed E-state index contributed by atoms with van der Waals surface area (Å²) in [5.41, 5.74) is 2.94. The molecule has 1 aromatic rings. The van der Waals surface area contributed by atoms with Gasteiger partial charge in [0.15, 0.2) is 0 Å². The molecule has 6 heteroatoms. The van der Waals surface area contributed by atoms with Crippen LogP contribution in [-0.2, 0) is 4.79 Å². The number of nitrogens with one attached hydrogen (secondary N) is 1. The topological polar surface area (TPSA) is 65.4 Å². The van der Waals surface area contributed by atoms with E-state index in [1.165, 1.54) is 12.5 Å². The number of carbonyl (C=O) groups excluding carboxylic acids is 1. The van der Waals surface area contributed by atoms with Crippen LogP contribution in [0, 0.1) is 11.3 Å². The van der Waals surface area contributed by atoms with Gasteiger partial charge in [-0.1, -0.05) is 17.7 Å². The highest BCUT2D eigenvalue weighted by Gasteiger charge is 2.13. The van der Waals surface area contributed by atoms with Gasteiger partial charge in [0.1, 0.15) is 5.75 Å². The highest BCUT2D eigenvalue weighted by Crippen LogP contribution is 2.32. The van der Waals surface area contributed by atoms with Gasteiger partial charge in [0.25, 0.3) is 0 Å². The highest BCUT2D eigenvalue weighted by atomic mass is 35.5. The number of anilines is 2. The van der Waals surface area contributed by atoms with E-state index in [0.717, 1.165) is 5.69 Å². The van der Waals surface area contributed by atoms with Crippen LogP contribution in [0.1, 0.15) is 20.3 Å². The summed E-state index contributed by atoms with van der Waals surface area (Å²) in [6.45, 7) is 4.99. The van der Waals surface area contributed by atoms with E-state index < -0.39 is 0 Å². The first-order valence-corrected chi connectivity index (χ1v) is 7.47. The molecule has 1 rings (SSSR count). The van der Waals surface area contributed by atoms with Crippen molar-refractivity contribution in [1.29, 1.82) is 5.26 Å². The molecule has 0 aromatic heterocycles. The number of amides is 1. The van der Waals surface area contributed by atoms with E-state index in [2.05, 4.69) is 11.4 Å². The van der Waals surface area contributed by atoms with Gasteiger partial charge in [-0.3, -0.25) is 4.79 Å². The Hall–Kier alpha value is -2.19. The normalized spacial score (nSPS) is 10.3. The van der Waals surface area contributed by atoms with E-state index >= 15 is 0 Å². The minimum absolute atomic E-state index is 0.140. The monoisotopic (exact) mass is 321 g/mol. The molecule has 0 saturated carbocycles. The minimum atomic E-state index is -0.140. The maximum Gasteiger partial charge on any atom is 0.221 e. The predicted octanol–water partition coefficient (Wildman–Crippen LogP) is 3.52. The molecule has 1 amide bonds. The van der Waals surface area contributed by atoms with Crippen molar-refractivity contribution in [2.45, 2.75) is 20.3 Å². The number of hydrogen-bond acceptors (Lipinski definition) is 4. The van der Waals surface area contributed by atoms with Crippen LogP contribution in [0.2, 0.25) is 0 Å². The van der Waals surface area contributed by atoms with Crippen molar-refractivity contribution in [2.75, 3.05) is 29.9 Å². The van der Waals surface area contributed by atoms with Crippen LogP contribution in [0.3, 0.4) is 0 Å². The second kappa shape index (κ2) is 9.69. The van der Waals surface area contributed by atoms with Crippen LogP contribution >= 0.6 is 11.6 Å². The lowest BCUT2D eigenvalue weighted by molar-refractivity contribution is -0.114. The summed E-state index contributed by atoms with van der Waals surface area (Å²) in [5, 5.41) is 11.6. The van der Waals surface area contributed by atoms with E-state index in [1.807, 2.05) is 24.0 Å². The molecule has 0 bridgehead atoms. The number of carbonyl (C=O) groups is 1. The van der Waals surface area contributed by atoms with Gasteiger partial charge in [0.2, 0.25) is 5.91 Å². The first kappa shape index (κ1) is 17.9. The Labute approximate surface area is 136 Å². The number of nitriles is 1. The fourth-order valence-electron chi connectivity index (χ4n) is 1.99. The van der Waals surface area contributed by atoms with E-state index in [9.17, 15) is 4.79 Å². The molecule has 0 aliphatic heterocycles. The first-order chi connectivity index (χ1) is 10.6. The third kappa shape index (κ3) is 5.66. The Bertz CT molecular complexity index is 567. The lowest BCUT2D eigenvalue weighted by Gasteiger charge is -2.25. The summed E-state index contributed by atoms with van der Waals surface area (Å²) in [7, 11) is 0. The molecule has 0 unspecified atom stereocenters. The number of benzene rings is 1. The fourth-order valence-corrected chi connectivity index (χ4v) is 2.06. The quantitative estimate of drug-likeness (QED) is 0.795. The van der Waals surface area contributed by atoms with Gasteiger partial charge in [-0.15, -0.1) is 0 Å². The van der Waals surface area contributed by atoms with E-state index in [0.29, 0.717) is 37.6 Å². The van der Waals surface area contributed by atoms with Gasteiger partial charge in [0.05, 0.1) is 24.8 Å². The zero-order valence-corrected chi connectivity index (χ0v) is 13.6. The maximum absolute atomic E-state index is 11.2. The lowest BCUT2D eigenvalue weighted by atomic mass is 10.2. The van der Waals surface area contributed by atoms with Gasteiger partial charge < -0.3 is 15.0 Å². The van der Waals surface area contributed by atoms with Gasteiger partial charge in [-0.05, 0) is 25.1 Å². The molecule has 0 heterocycles. The Balaban J connectivity index is 3.15. The molecule has 0 saturated heterocycles. The molecule has 0 spiro atoms. The molecular formula is C16H20ClN3O2. The molecule has 0 fully saturated rings. The van der Waals surface area contributed by atoms with E-state index in [1.54, 1.807) is 12.1 Å². The lowest BCUT2D eigenvalue weighted by Crippen LogP contribution is -2.25. The van der Waals surface area contributed by atoms with Crippen LogP contribution < -0.4 is 15.0 Å². The smallest absolute Gasteiger partial charge is 0.221 e. The van der Waals surface area contributed by atoms with Crippen molar-refractivity contribution in [1.82, 2.24) is 0 Å². The zero-order valence-electron chi connectivity index (χ0n) is 12.8. The predicted molar refractivity (Wildman–Crippen MR) is 89.4 cm³/mol. The molecule has 1 N–H and O–H groups in total. The molecule has 22 heavy (non-hydrogen) atoms. The van der Waals surface area contributed by atoms with Crippen molar-refractivity contribution in [3.05, 3.63) is 29.8 Å². The fraction of sp³-hybridized carbons (Fsp3) is 0.375. The standard InChI is InChI=1S/C16H20ClN3O2/c1-3-22-16-7-6-14(19-13(2)21)12-15(16)20(10-4-8-17)11-5-9-18/h4,6-8,12H,3,5,10-11H2,1-2H3,(H,19,21). The molecule has 0 aliphatic carbocycles. The summed E-state index contributed by atoms with van der Waals surface area (Å²) in [4.78, 5) is 13.2. The Morgan fingerprint density at radius 2 is 2.32 bits per heavy atom. The Kier molecular flexibility index (Phi) is 7.87. The van der Waals surface area contributed by atoms with E-state index in [4.69, 9.17) is 21.6 Å². The molecule has 118 valence electrons. The minimum Gasteiger partial charge on any atom is -0.492 e. The third-order valence-electron chi connectivity index (χ3n) is 2.83. The van der Waals surface area contributed by atoms with Crippen molar-refractivity contribution in [3.8, 4) is 11.8 Å². The van der Waals surface area contributed by atoms with Gasteiger partial charge >= 0.3 is 0 Å². The van der Waals surface area contributed by atoms with Crippen molar-refractivity contribution >= 4 is 28.9 Å². The number of hydrogen-bond donors (Lipinski definition) is 1. The largest absolute Gasteiger partial charge is 0.492 e. The average molecular weight is 322 g/mol. The van der Waals surface area contributed by atoms with Crippen LogP contribution in [0.15, 0.2) is 29.8 Å². The highest BCUT2D eigenvalue weighted by molar-refractivity contribution is 6.25. The second-order valence-corrected chi connectivity index (χ2v) is 4.76. The maximum atomic E-state index is 11.2. The van der Waals surface area contributed by atoms with Crippen LogP contribution in [0.4, 0.5) is 11.4 Å². The van der Waals surface area contributed by atoms with Crippen molar-refractivity contribution in [2.24, 2.45) is 0 Å². The van der Waals surface area contributed by atoms with Crippen LogP contribution in [0.5, 0.6) is 5.75 Å². The second-order valence-electron chi connectivity index (χ2n) is 4.51. The zero-order chi connectivity index (χ0) is 16.4.